The molecule has 0 aliphatic carbocycles. The summed E-state index contributed by atoms with van der Waals surface area (Å²) in [6.45, 7) is 5.36. The number of rotatable bonds is 2. The average Bonchev–Trinajstić information content (AvgIpc) is 2.50. The molecule has 0 aromatic carbocycles. The highest BCUT2D eigenvalue weighted by Gasteiger charge is 2.30. The Morgan fingerprint density at radius 2 is 2.38 bits per heavy atom. The van der Waals surface area contributed by atoms with Crippen molar-refractivity contribution in [2.75, 3.05) is 20.2 Å². The number of carbonyl (C=O) groups excluding carboxylic acids is 1. The van der Waals surface area contributed by atoms with E-state index < -0.39 is 0 Å². The summed E-state index contributed by atoms with van der Waals surface area (Å²) in [5.74, 6) is 0. The van der Waals surface area contributed by atoms with Crippen LogP contribution in [0.25, 0.3) is 0 Å². The molecule has 2 atom stereocenters. The standard InChI is InChI=1S/C9H18N2O2/c1-4-10-9(12)11(3)8-5-6-13-7(8)2/h7-8H,4-6H2,1-3H3,(H,10,12). The molecule has 1 aliphatic heterocycles. The van der Waals surface area contributed by atoms with Crippen molar-refractivity contribution in [2.24, 2.45) is 0 Å². The second kappa shape index (κ2) is 4.46. The normalized spacial score (nSPS) is 27.3. The molecule has 0 saturated carbocycles. The number of hydrogen-bond donors (Lipinski definition) is 1. The first kappa shape index (κ1) is 10.3. The summed E-state index contributed by atoms with van der Waals surface area (Å²) in [4.78, 5) is 13.2. The number of nitrogens with one attached hydrogen (secondary N) is 1. The fraction of sp³-hybridized carbons (Fsp3) is 0.889. The molecule has 4 nitrogen and oxygen atoms in total. The lowest BCUT2D eigenvalue weighted by atomic mass is 10.1. The molecule has 0 spiro atoms. The van der Waals surface area contributed by atoms with Crippen molar-refractivity contribution < 1.29 is 9.53 Å². The summed E-state index contributed by atoms with van der Waals surface area (Å²) >= 11 is 0. The molecular formula is C9H18N2O2. The highest BCUT2D eigenvalue weighted by molar-refractivity contribution is 5.74. The zero-order valence-corrected chi connectivity index (χ0v) is 8.54. The molecule has 4 heteroatoms. The Bertz CT molecular complexity index is 184. The maximum atomic E-state index is 11.4. The maximum Gasteiger partial charge on any atom is 0.317 e. The van der Waals surface area contributed by atoms with E-state index in [4.69, 9.17) is 4.74 Å². The molecule has 0 aromatic heterocycles. The first-order chi connectivity index (χ1) is 6.16. The van der Waals surface area contributed by atoms with Gasteiger partial charge in [-0.2, -0.15) is 0 Å². The Hall–Kier alpha value is -0.770. The minimum absolute atomic E-state index is 0.00940. The highest BCUT2D eigenvalue weighted by Crippen LogP contribution is 2.17. The maximum absolute atomic E-state index is 11.4. The molecular weight excluding hydrogens is 168 g/mol. The molecule has 2 unspecified atom stereocenters. The smallest absolute Gasteiger partial charge is 0.317 e. The molecule has 0 bridgehead atoms. The van der Waals surface area contributed by atoms with Gasteiger partial charge in [0.25, 0.3) is 0 Å². The SMILES string of the molecule is CCNC(=O)N(C)C1CCOC1C. The van der Waals surface area contributed by atoms with Gasteiger partial charge in [-0.3, -0.25) is 0 Å². The summed E-state index contributed by atoms with van der Waals surface area (Å²) in [6, 6.07) is 0.219. The number of hydrogen-bond acceptors (Lipinski definition) is 2. The van der Waals surface area contributed by atoms with Crippen LogP contribution >= 0.6 is 0 Å². The lowest BCUT2D eigenvalue weighted by Gasteiger charge is -2.26. The lowest BCUT2D eigenvalue weighted by Crippen LogP contribution is -2.46. The predicted molar refractivity (Wildman–Crippen MR) is 50.7 cm³/mol. The van der Waals surface area contributed by atoms with Crippen LogP contribution in [0.1, 0.15) is 20.3 Å². The van der Waals surface area contributed by atoms with Gasteiger partial charge in [-0.05, 0) is 20.3 Å². The Kier molecular flexibility index (Phi) is 3.54. The second-order valence-electron chi connectivity index (χ2n) is 3.38. The quantitative estimate of drug-likeness (QED) is 0.694. The van der Waals surface area contributed by atoms with Crippen LogP contribution in [-0.2, 0) is 4.74 Å². The van der Waals surface area contributed by atoms with Crippen molar-refractivity contribution in [3.8, 4) is 0 Å². The van der Waals surface area contributed by atoms with E-state index in [-0.39, 0.29) is 18.2 Å². The molecule has 76 valence electrons. The number of likely N-dealkylation sites (N-methyl/N-ethyl adjacent to an activating group) is 1. The van der Waals surface area contributed by atoms with E-state index in [0.717, 1.165) is 13.0 Å². The molecule has 1 aliphatic rings. The molecule has 0 radical (unpaired) electrons. The molecule has 0 aromatic rings. The third kappa shape index (κ3) is 2.34. The summed E-state index contributed by atoms with van der Waals surface area (Å²) in [5, 5.41) is 2.77. The van der Waals surface area contributed by atoms with Crippen molar-refractivity contribution in [3.63, 3.8) is 0 Å². The monoisotopic (exact) mass is 186 g/mol. The van der Waals surface area contributed by atoms with Crippen molar-refractivity contribution in [3.05, 3.63) is 0 Å². The van der Waals surface area contributed by atoms with Crippen LogP contribution in [-0.4, -0.2) is 43.3 Å². The van der Waals surface area contributed by atoms with E-state index >= 15 is 0 Å². The van der Waals surface area contributed by atoms with Gasteiger partial charge in [-0.1, -0.05) is 0 Å². The first-order valence-corrected chi connectivity index (χ1v) is 4.79. The van der Waals surface area contributed by atoms with Crippen LogP contribution in [0.3, 0.4) is 0 Å². The zero-order valence-electron chi connectivity index (χ0n) is 8.54. The van der Waals surface area contributed by atoms with E-state index in [2.05, 4.69) is 5.32 Å². The van der Waals surface area contributed by atoms with Gasteiger partial charge >= 0.3 is 6.03 Å². The van der Waals surface area contributed by atoms with Gasteiger partial charge in [0.05, 0.1) is 12.1 Å². The fourth-order valence-corrected chi connectivity index (χ4v) is 1.66. The third-order valence-electron chi connectivity index (χ3n) is 2.48. The minimum atomic E-state index is -0.00940. The van der Waals surface area contributed by atoms with Gasteiger partial charge in [0.1, 0.15) is 0 Å². The van der Waals surface area contributed by atoms with Crippen molar-refractivity contribution in [1.29, 1.82) is 0 Å². The molecule has 1 rings (SSSR count). The number of urea groups is 1. The first-order valence-electron chi connectivity index (χ1n) is 4.79. The van der Waals surface area contributed by atoms with Crippen LogP contribution in [0.15, 0.2) is 0 Å². The molecule has 1 fully saturated rings. The molecule has 1 heterocycles. The summed E-state index contributed by atoms with van der Waals surface area (Å²) in [6.07, 6.45) is 1.10. The lowest BCUT2D eigenvalue weighted by molar-refractivity contribution is 0.0908. The van der Waals surface area contributed by atoms with E-state index in [1.807, 2.05) is 20.9 Å². The Balaban J connectivity index is 2.45. The minimum Gasteiger partial charge on any atom is -0.376 e. The van der Waals surface area contributed by atoms with Crippen LogP contribution in [0.2, 0.25) is 0 Å². The zero-order chi connectivity index (χ0) is 9.84. The van der Waals surface area contributed by atoms with Crippen LogP contribution in [0, 0.1) is 0 Å². The van der Waals surface area contributed by atoms with Gasteiger partial charge in [0.15, 0.2) is 0 Å². The predicted octanol–water partition coefficient (Wildman–Crippen LogP) is 0.825. The third-order valence-corrected chi connectivity index (χ3v) is 2.48. The Morgan fingerprint density at radius 3 is 2.85 bits per heavy atom. The van der Waals surface area contributed by atoms with Crippen LogP contribution in [0.5, 0.6) is 0 Å². The van der Waals surface area contributed by atoms with Gasteiger partial charge in [0, 0.05) is 20.2 Å². The highest BCUT2D eigenvalue weighted by atomic mass is 16.5. The van der Waals surface area contributed by atoms with Crippen molar-refractivity contribution in [2.45, 2.75) is 32.4 Å². The molecule has 1 saturated heterocycles. The van der Waals surface area contributed by atoms with E-state index in [9.17, 15) is 4.79 Å². The van der Waals surface area contributed by atoms with Gasteiger partial charge in [-0.25, -0.2) is 4.79 Å². The van der Waals surface area contributed by atoms with Gasteiger partial charge in [-0.15, -0.1) is 0 Å². The molecule has 13 heavy (non-hydrogen) atoms. The van der Waals surface area contributed by atoms with E-state index in [0.29, 0.717) is 6.54 Å². The van der Waals surface area contributed by atoms with Crippen molar-refractivity contribution >= 4 is 6.03 Å². The van der Waals surface area contributed by atoms with Gasteiger partial charge < -0.3 is 15.0 Å². The van der Waals surface area contributed by atoms with Crippen LogP contribution in [0.4, 0.5) is 4.79 Å². The summed E-state index contributed by atoms with van der Waals surface area (Å²) < 4.78 is 5.39. The second-order valence-corrected chi connectivity index (χ2v) is 3.38. The topological polar surface area (TPSA) is 41.6 Å². The number of nitrogens with zero attached hydrogens (tertiary/aromatic N) is 1. The van der Waals surface area contributed by atoms with E-state index in [1.165, 1.54) is 0 Å². The fourth-order valence-electron chi connectivity index (χ4n) is 1.66. The van der Waals surface area contributed by atoms with Crippen LogP contribution < -0.4 is 5.32 Å². The Morgan fingerprint density at radius 1 is 1.69 bits per heavy atom. The van der Waals surface area contributed by atoms with Crippen molar-refractivity contribution in [1.82, 2.24) is 10.2 Å². The van der Waals surface area contributed by atoms with Gasteiger partial charge in [0.2, 0.25) is 0 Å². The Labute approximate surface area is 79.2 Å². The number of ether oxygens (including phenoxy) is 1. The summed E-state index contributed by atoms with van der Waals surface area (Å²) in [5.41, 5.74) is 0. The molecule has 1 N–H and O–H groups in total. The van der Waals surface area contributed by atoms with E-state index in [1.54, 1.807) is 4.90 Å². The largest absolute Gasteiger partial charge is 0.376 e. The summed E-state index contributed by atoms with van der Waals surface area (Å²) in [7, 11) is 1.82. The average molecular weight is 186 g/mol. The number of amides is 2. The molecule has 2 amide bonds. The number of carbonyl (C=O) groups is 1.